The number of imidazole rings is 1. The molecule has 0 fully saturated rings. The summed E-state index contributed by atoms with van der Waals surface area (Å²) in [5.41, 5.74) is 0. The number of nitrogens with zero attached hydrogens (tertiary/aromatic N) is 2. The number of hydrogen-bond acceptors (Lipinski definition) is 4. The number of hydrogen-bond donors (Lipinski definition) is 1. The first-order chi connectivity index (χ1) is 5.29. The van der Waals surface area contributed by atoms with Gasteiger partial charge in [0.15, 0.2) is 0 Å². The molecule has 0 saturated carbocycles. The van der Waals surface area contributed by atoms with Gasteiger partial charge in [-0.2, -0.15) is 0 Å². The normalized spacial score (nSPS) is 9.45. The van der Waals surface area contributed by atoms with Crippen LogP contribution in [0.4, 0.5) is 0 Å². The Hall–Kier alpha value is -1.59. The predicted octanol–water partition coefficient (Wildman–Crippen LogP) is 0.160. The van der Waals surface area contributed by atoms with E-state index >= 15 is 0 Å². The molecule has 0 aromatic carbocycles. The summed E-state index contributed by atoms with van der Waals surface area (Å²) < 4.78 is 0. The number of H-pyrrole nitrogens is 1. The van der Waals surface area contributed by atoms with Crippen molar-refractivity contribution in [1.82, 2.24) is 9.97 Å². The molecule has 0 unspecified atom stereocenters. The average molecular weight is 157 g/mol. The minimum absolute atomic E-state index is 0.0422. The van der Waals surface area contributed by atoms with Crippen LogP contribution >= 0.6 is 0 Å². The first-order valence-corrected chi connectivity index (χ1v) is 3.04. The molecule has 0 bridgehead atoms. The Morgan fingerprint density at radius 2 is 2.64 bits per heavy atom. The fourth-order valence-electron chi connectivity index (χ4n) is 0.652. The molecule has 1 rings (SSSR count). The third-order valence-corrected chi connectivity index (χ3v) is 1.09. The number of aromatic amines is 1. The summed E-state index contributed by atoms with van der Waals surface area (Å²) in [6, 6.07) is 0. The van der Waals surface area contributed by atoms with E-state index in [0.29, 0.717) is 12.2 Å². The summed E-state index contributed by atoms with van der Waals surface area (Å²) in [6.45, 7) is 0.0422. The van der Waals surface area contributed by atoms with Crippen molar-refractivity contribution >= 4 is 0 Å². The maximum atomic E-state index is 9.68. The summed E-state index contributed by atoms with van der Waals surface area (Å²) >= 11 is 0. The van der Waals surface area contributed by atoms with Crippen molar-refractivity contribution in [3.63, 3.8) is 0 Å². The molecule has 6 nitrogen and oxygen atoms in total. The van der Waals surface area contributed by atoms with Gasteiger partial charge in [0.2, 0.25) is 0 Å². The zero-order valence-electron chi connectivity index (χ0n) is 5.69. The van der Waals surface area contributed by atoms with E-state index in [2.05, 4.69) is 14.8 Å². The average Bonchev–Trinajstić information content (AvgIpc) is 2.39. The van der Waals surface area contributed by atoms with E-state index in [9.17, 15) is 10.1 Å². The number of nitrogens with one attached hydrogen (secondary N) is 1. The molecular weight excluding hydrogens is 150 g/mol. The van der Waals surface area contributed by atoms with Gasteiger partial charge < -0.3 is 9.82 Å². The van der Waals surface area contributed by atoms with Gasteiger partial charge in [0.1, 0.15) is 12.4 Å². The summed E-state index contributed by atoms with van der Waals surface area (Å²) in [6.07, 6.45) is 3.66. The van der Waals surface area contributed by atoms with E-state index in [0.717, 1.165) is 0 Å². The van der Waals surface area contributed by atoms with Gasteiger partial charge in [0, 0.05) is 18.8 Å². The fourth-order valence-corrected chi connectivity index (χ4v) is 0.652. The molecular formula is C5H7N3O3. The summed E-state index contributed by atoms with van der Waals surface area (Å²) in [5.74, 6) is 0.687. The second-order valence-corrected chi connectivity index (χ2v) is 1.84. The largest absolute Gasteiger partial charge is 0.349 e. The maximum Gasteiger partial charge on any atom is 0.294 e. The highest BCUT2D eigenvalue weighted by Crippen LogP contribution is 1.90. The fraction of sp³-hybridized carbons (Fsp3) is 0.400. The van der Waals surface area contributed by atoms with E-state index in [1.165, 1.54) is 0 Å². The smallest absolute Gasteiger partial charge is 0.294 e. The van der Waals surface area contributed by atoms with Crippen LogP contribution in [-0.4, -0.2) is 21.7 Å². The lowest BCUT2D eigenvalue weighted by Gasteiger charge is -1.94. The van der Waals surface area contributed by atoms with E-state index < -0.39 is 5.09 Å². The van der Waals surface area contributed by atoms with E-state index in [-0.39, 0.29) is 6.61 Å². The lowest BCUT2D eigenvalue weighted by atomic mass is 10.4. The monoisotopic (exact) mass is 157 g/mol. The van der Waals surface area contributed by atoms with Crippen LogP contribution in [0.1, 0.15) is 5.82 Å². The highest BCUT2D eigenvalue weighted by Gasteiger charge is 1.97. The molecule has 0 aliphatic carbocycles. The number of aromatic nitrogens is 2. The third-order valence-electron chi connectivity index (χ3n) is 1.09. The van der Waals surface area contributed by atoms with Gasteiger partial charge in [-0.15, -0.1) is 10.1 Å². The quantitative estimate of drug-likeness (QED) is 0.498. The predicted molar refractivity (Wildman–Crippen MR) is 35.2 cm³/mol. The van der Waals surface area contributed by atoms with E-state index in [1.54, 1.807) is 12.4 Å². The summed E-state index contributed by atoms with van der Waals surface area (Å²) in [5, 5.41) is 8.86. The summed E-state index contributed by atoms with van der Waals surface area (Å²) in [4.78, 5) is 20.4. The SMILES string of the molecule is O=[N+]([O-])OCCc1ncc[nH]1. The van der Waals surface area contributed by atoms with Crippen LogP contribution in [0.3, 0.4) is 0 Å². The van der Waals surface area contributed by atoms with Crippen LogP contribution in [0.25, 0.3) is 0 Å². The minimum Gasteiger partial charge on any atom is -0.349 e. The molecule has 60 valence electrons. The topological polar surface area (TPSA) is 81.1 Å². The minimum atomic E-state index is -0.817. The molecule has 0 spiro atoms. The Morgan fingerprint density at radius 1 is 1.82 bits per heavy atom. The molecule has 0 amide bonds. The van der Waals surface area contributed by atoms with Crippen LogP contribution in [0.15, 0.2) is 12.4 Å². The van der Waals surface area contributed by atoms with Gasteiger partial charge in [-0.3, -0.25) is 0 Å². The van der Waals surface area contributed by atoms with Gasteiger partial charge in [-0.25, -0.2) is 4.98 Å². The molecule has 1 N–H and O–H groups in total. The van der Waals surface area contributed by atoms with E-state index in [4.69, 9.17) is 0 Å². The highest BCUT2D eigenvalue weighted by atomic mass is 16.9. The molecule has 6 heteroatoms. The molecule has 1 heterocycles. The van der Waals surface area contributed by atoms with Gasteiger partial charge in [-0.1, -0.05) is 0 Å². The second-order valence-electron chi connectivity index (χ2n) is 1.84. The van der Waals surface area contributed by atoms with Gasteiger partial charge >= 0.3 is 0 Å². The second kappa shape index (κ2) is 3.55. The van der Waals surface area contributed by atoms with Crippen molar-refractivity contribution in [3.05, 3.63) is 28.3 Å². The molecule has 0 aliphatic rings. The van der Waals surface area contributed by atoms with Gasteiger partial charge in [0.05, 0.1) is 0 Å². The van der Waals surface area contributed by atoms with Crippen molar-refractivity contribution in [3.8, 4) is 0 Å². The molecule has 1 aromatic rings. The first-order valence-electron chi connectivity index (χ1n) is 3.04. The zero-order chi connectivity index (χ0) is 8.10. The van der Waals surface area contributed by atoms with Crippen LogP contribution in [0.2, 0.25) is 0 Å². The van der Waals surface area contributed by atoms with Crippen LogP contribution in [0, 0.1) is 10.1 Å². The van der Waals surface area contributed by atoms with Crippen molar-refractivity contribution < 1.29 is 9.92 Å². The Balaban J connectivity index is 2.19. The van der Waals surface area contributed by atoms with Crippen LogP contribution < -0.4 is 0 Å². The van der Waals surface area contributed by atoms with Gasteiger partial charge in [0.25, 0.3) is 5.09 Å². The lowest BCUT2D eigenvalue weighted by Crippen LogP contribution is -2.05. The summed E-state index contributed by atoms with van der Waals surface area (Å²) in [7, 11) is 0. The Labute approximate surface area is 62.3 Å². The standard InChI is InChI=1S/C5H7N3O3/c9-8(10)11-4-1-5-6-2-3-7-5/h2-3H,1,4H2,(H,6,7). The van der Waals surface area contributed by atoms with Crippen molar-refractivity contribution in [2.45, 2.75) is 6.42 Å². The van der Waals surface area contributed by atoms with Crippen molar-refractivity contribution in [2.24, 2.45) is 0 Å². The highest BCUT2D eigenvalue weighted by molar-refractivity contribution is 4.86. The molecule has 1 aromatic heterocycles. The molecule has 0 aliphatic heterocycles. The number of rotatable bonds is 4. The third kappa shape index (κ3) is 2.65. The Kier molecular flexibility index (Phi) is 2.42. The Morgan fingerprint density at radius 3 is 3.18 bits per heavy atom. The lowest BCUT2D eigenvalue weighted by molar-refractivity contribution is -0.757. The zero-order valence-corrected chi connectivity index (χ0v) is 5.69. The molecule has 11 heavy (non-hydrogen) atoms. The van der Waals surface area contributed by atoms with Crippen LogP contribution in [-0.2, 0) is 11.3 Å². The molecule has 0 radical (unpaired) electrons. The Bertz CT molecular complexity index is 221. The molecule has 0 atom stereocenters. The van der Waals surface area contributed by atoms with Crippen molar-refractivity contribution in [2.75, 3.05) is 6.61 Å². The molecule has 0 saturated heterocycles. The van der Waals surface area contributed by atoms with Gasteiger partial charge in [-0.05, 0) is 0 Å². The van der Waals surface area contributed by atoms with E-state index in [1.807, 2.05) is 0 Å². The maximum absolute atomic E-state index is 9.68. The first kappa shape index (κ1) is 7.52. The van der Waals surface area contributed by atoms with Crippen LogP contribution in [0.5, 0.6) is 0 Å². The van der Waals surface area contributed by atoms with Crippen molar-refractivity contribution in [1.29, 1.82) is 0 Å².